The van der Waals surface area contributed by atoms with Crippen LogP contribution in [0.25, 0.3) is 0 Å². The Morgan fingerprint density at radius 1 is 0.432 bits per heavy atom. The van der Waals surface area contributed by atoms with Crippen molar-refractivity contribution in [2.75, 3.05) is 13.2 Å². The molecular formula is C72H129NO8. The molecule has 1 aliphatic rings. The van der Waals surface area contributed by atoms with Crippen LogP contribution in [-0.4, -0.2) is 87.5 Å². The molecule has 7 unspecified atom stereocenters. The topological polar surface area (TPSA) is 149 Å². The largest absolute Gasteiger partial charge is 0.394 e. The van der Waals surface area contributed by atoms with Gasteiger partial charge < -0.3 is 40.3 Å². The Morgan fingerprint density at radius 2 is 0.778 bits per heavy atom. The summed E-state index contributed by atoms with van der Waals surface area (Å²) in [6.07, 6.45) is 79.7. The average molecular weight is 1140 g/mol. The fourth-order valence-corrected chi connectivity index (χ4v) is 10.6. The third-order valence-electron chi connectivity index (χ3n) is 16.0. The Labute approximate surface area is 499 Å². The minimum atomic E-state index is -1.58. The van der Waals surface area contributed by atoms with E-state index >= 15 is 0 Å². The number of ether oxygens (including phenoxy) is 2. The highest BCUT2D eigenvalue weighted by atomic mass is 16.7. The van der Waals surface area contributed by atoms with Crippen molar-refractivity contribution >= 4 is 5.91 Å². The lowest BCUT2D eigenvalue weighted by atomic mass is 9.99. The van der Waals surface area contributed by atoms with Crippen LogP contribution in [0.2, 0.25) is 0 Å². The summed E-state index contributed by atoms with van der Waals surface area (Å²) in [6.45, 7) is 3.68. The maximum atomic E-state index is 13.1. The summed E-state index contributed by atoms with van der Waals surface area (Å²) < 4.78 is 11.3. The van der Waals surface area contributed by atoms with E-state index in [2.05, 4.69) is 92.1 Å². The molecule has 0 bridgehead atoms. The van der Waals surface area contributed by atoms with Gasteiger partial charge in [0.2, 0.25) is 5.91 Å². The molecule has 0 aromatic heterocycles. The van der Waals surface area contributed by atoms with Gasteiger partial charge in [0.05, 0.1) is 25.4 Å². The molecule has 1 fully saturated rings. The lowest BCUT2D eigenvalue weighted by molar-refractivity contribution is -0.302. The summed E-state index contributed by atoms with van der Waals surface area (Å²) >= 11 is 0. The normalized spacial score (nSPS) is 18.9. The standard InChI is InChI=1S/C72H129NO8/c1-3-5-7-9-11-13-15-17-19-21-23-25-27-29-30-31-32-33-34-35-36-38-39-41-43-45-47-49-51-53-55-57-59-61-66(75)65(64-80-72-71(79)70(78)69(77)67(63-74)81-72)73-68(76)62-60-58-56-54-52-50-48-46-44-42-40-37-28-26-24-22-20-18-16-14-12-10-8-6-4-2/h6,8,12,14,18,20,24,26,37,40,51,53,59,61,65-67,69-72,74-75,77-79H,3-5,7,9-11,13,15-17,19,21-23,25,27-36,38-39,41-50,52,54-58,60,62-64H2,1-2H3,(H,73,76)/b8-6-,14-12-,20-18-,26-24-,40-37-,53-51+,61-59+. The van der Waals surface area contributed by atoms with Crippen molar-refractivity contribution in [3.63, 3.8) is 0 Å². The molecule has 1 aliphatic heterocycles. The lowest BCUT2D eigenvalue weighted by Crippen LogP contribution is -2.60. The quantitative estimate of drug-likeness (QED) is 0.0261. The van der Waals surface area contributed by atoms with Crippen molar-refractivity contribution in [1.82, 2.24) is 5.32 Å². The third kappa shape index (κ3) is 49.4. The van der Waals surface area contributed by atoms with Gasteiger partial charge in [0, 0.05) is 6.42 Å². The second kappa shape index (κ2) is 60.5. The first kappa shape index (κ1) is 76.4. The van der Waals surface area contributed by atoms with E-state index in [1.54, 1.807) is 6.08 Å². The molecule has 0 saturated carbocycles. The van der Waals surface area contributed by atoms with E-state index in [0.29, 0.717) is 6.42 Å². The second-order valence-electron chi connectivity index (χ2n) is 23.6. The summed E-state index contributed by atoms with van der Waals surface area (Å²) in [5.41, 5.74) is 0. The van der Waals surface area contributed by atoms with E-state index in [1.807, 2.05) is 6.08 Å². The molecule has 81 heavy (non-hydrogen) atoms. The lowest BCUT2D eigenvalue weighted by Gasteiger charge is -2.40. The van der Waals surface area contributed by atoms with E-state index in [0.717, 1.165) is 83.5 Å². The second-order valence-corrected chi connectivity index (χ2v) is 23.6. The SMILES string of the molecule is CC/C=C\C/C=C\C/C=C\C/C=C\C/C=C\CCCCCCCCCCCC(=O)NC(COC1OC(CO)C(O)C(O)C1O)C(O)/C=C/CC/C=C/CCCCCCCCCCCCCCCCCCCCCCCCCCCCC. The number of hydrogen-bond acceptors (Lipinski definition) is 8. The first-order valence-electron chi connectivity index (χ1n) is 34.3. The van der Waals surface area contributed by atoms with Crippen molar-refractivity contribution in [1.29, 1.82) is 0 Å². The molecule has 1 heterocycles. The van der Waals surface area contributed by atoms with Crippen LogP contribution in [0.1, 0.15) is 309 Å². The van der Waals surface area contributed by atoms with Crippen LogP contribution in [-0.2, 0) is 14.3 Å². The smallest absolute Gasteiger partial charge is 0.220 e. The van der Waals surface area contributed by atoms with Crippen molar-refractivity contribution in [3.8, 4) is 0 Å². The van der Waals surface area contributed by atoms with Gasteiger partial charge in [-0.25, -0.2) is 0 Å². The van der Waals surface area contributed by atoms with E-state index in [-0.39, 0.29) is 12.5 Å². The highest BCUT2D eigenvalue weighted by molar-refractivity contribution is 5.76. The molecule has 0 spiro atoms. The van der Waals surface area contributed by atoms with Crippen LogP contribution in [0.3, 0.4) is 0 Å². The van der Waals surface area contributed by atoms with Gasteiger partial charge in [-0.1, -0.05) is 311 Å². The summed E-state index contributed by atoms with van der Waals surface area (Å²) in [6, 6.07) is -0.832. The Morgan fingerprint density at radius 3 is 1.19 bits per heavy atom. The van der Waals surface area contributed by atoms with Gasteiger partial charge in [-0.15, -0.1) is 0 Å². The molecule has 6 N–H and O–H groups in total. The molecular weight excluding hydrogens is 1010 g/mol. The van der Waals surface area contributed by atoms with Crippen LogP contribution >= 0.6 is 0 Å². The number of allylic oxidation sites excluding steroid dienone is 13. The molecule has 0 aromatic rings. The van der Waals surface area contributed by atoms with Crippen LogP contribution in [0.15, 0.2) is 85.1 Å². The van der Waals surface area contributed by atoms with Crippen LogP contribution in [0.4, 0.5) is 0 Å². The molecule has 0 aliphatic carbocycles. The Bertz CT molecular complexity index is 1550. The molecule has 1 amide bonds. The Hall–Kier alpha value is -2.63. The highest BCUT2D eigenvalue weighted by Crippen LogP contribution is 2.23. The van der Waals surface area contributed by atoms with Crippen LogP contribution in [0, 0.1) is 0 Å². The minimum absolute atomic E-state index is 0.193. The summed E-state index contributed by atoms with van der Waals surface area (Å²) in [7, 11) is 0. The number of aliphatic hydroxyl groups is 5. The molecule has 1 saturated heterocycles. The van der Waals surface area contributed by atoms with Gasteiger partial charge >= 0.3 is 0 Å². The van der Waals surface area contributed by atoms with Crippen molar-refractivity contribution in [3.05, 3.63) is 85.1 Å². The summed E-state index contributed by atoms with van der Waals surface area (Å²) in [4.78, 5) is 13.1. The third-order valence-corrected chi connectivity index (χ3v) is 16.0. The maximum Gasteiger partial charge on any atom is 0.220 e. The highest BCUT2D eigenvalue weighted by Gasteiger charge is 2.44. The predicted molar refractivity (Wildman–Crippen MR) is 345 cm³/mol. The van der Waals surface area contributed by atoms with Crippen molar-refractivity contribution < 1.29 is 39.8 Å². The summed E-state index contributed by atoms with van der Waals surface area (Å²) in [5.74, 6) is -0.193. The first-order valence-corrected chi connectivity index (χ1v) is 34.3. The van der Waals surface area contributed by atoms with E-state index < -0.39 is 49.5 Å². The maximum absolute atomic E-state index is 13.1. The molecule has 7 atom stereocenters. The Kier molecular flexibility index (Phi) is 57.0. The number of aliphatic hydroxyl groups excluding tert-OH is 5. The van der Waals surface area contributed by atoms with Crippen LogP contribution in [0.5, 0.6) is 0 Å². The molecule has 0 radical (unpaired) electrons. The zero-order valence-corrected chi connectivity index (χ0v) is 52.5. The van der Waals surface area contributed by atoms with Gasteiger partial charge in [-0.05, 0) is 77.0 Å². The number of carbonyl (C=O) groups is 1. The van der Waals surface area contributed by atoms with Crippen LogP contribution < -0.4 is 5.32 Å². The van der Waals surface area contributed by atoms with Gasteiger partial charge in [0.15, 0.2) is 6.29 Å². The average Bonchev–Trinajstić information content (AvgIpc) is 3.49. The monoisotopic (exact) mass is 1140 g/mol. The zero-order valence-electron chi connectivity index (χ0n) is 52.5. The van der Waals surface area contributed by atoms with Crippen molar-refractivity contribution in [2.45, 2.75) is 352 Å². The first-order chi connectivity index (χ1) is 39.8. The minimum Gasteiger partial charge on any atom is -0.394 e. The molecule has 9 nitrogen and oxygen atoms in total. The number of unbranched alkanes of at least 4 members (excludes halogenated alkanes) is 37. The Balaban J connectivity index is 2.17. The van der Waals surface area contributed by atoms with E-state index in [4.69, 9.17) is 9.47 Å². The van der Waals surface area contributed by atoms with E-state index in [1.165, 1.54) is 205 Å². The number of carbonyl (C=O) groups excluding carboxylic acids is 1. The fraction of sp³-hybridized carbons (Fsp3) is 0.792. The number of nitrogens with one attached hydrogen (secondary N) is 1. The van der Waals surface area contributed by atoms with Gasteiger partial charge in [0.1, 0.15) is 24.4 Å². The number of hydrogen-bond donors (Lipinski definition) is 6. The predicted octanol–water partition coefficient (Wildman–Crippen LogP) is 18.5. The molecule has 470 valence electrons. The fourth-order valence-electron chi connectivity index (χ4n) is 10.6. The summed E-state index contributed by atoms with van der Waals surface area (Å²) in [5, 5.41) is 54.7. The molecule has 1 rings (SSSR count). The van der Waals surface area contributed by atoms with E-state index in [9.17, 15) is 30.3 Å². The molecule has 0 aromatic carbocycles. The van der Waals surface area contributed by atoms with Gasteiger partial charge in [0.25, 0.3) is 0 Å². The van der Waals surface area contributed by atoms with Gasteiger partial charge in [-0.2, -0.15) is 0 Å². The number of amides is 1. The zero-order chi connectivity index (χ0) is 58.6. The number of rotatable bonds is 59. The van der Waals surface area contributed by atoms with Gasteiger partial charge in [-0.3, -0.25) is 4.79 Å². The molecule has 9 heteroatoms. The van der Waals surface area contributed by atoms with Crippen molar-refractivity contribution in [2.24, 2.45) is 0 Å².